The van der Waals surface area contributed by atoms with Crippen LogP contribution in [0.3, 0.4) is 0 Å². The van der Waals surface area contributed by atoms with E-state index >= 15 is 0 Å². The fourth-order valence-corrected chi connectivity index (χ4v) is 2.09. The maximum Gasteiger partial charge on any atom is 0.0438 e. The minimum absolute atomic E-state index is 0.137. The summed E-state index contributed by atoms with van der Waals surface area (Å²) in [6, 6.07) is 4.28. The molecular weight excluding hydrogens is 218 g/mol. The molecule has 16 heavy (non-hydrogen) atoms. The van der Waals surface area contributed by atoms with Gasteiger partial charge in [-0.2, -0.15) is 0 Å². The Hall–Kier alpha value is -0.530. The molecule has 0 amide bonds. The van der Waals surface area contributed by atoms with Crippen LogP contribution in [0.2, 0.25) is 5.02 Å². The topological polar surface area (TPSA) is 26.0 Å². The Morgan fingerprint density at radius 2 is 1.75 bits per heavy atom. The second-order valence-corrected chi connectivity index (χ2v) is 5.44. The van der Waals surface area contributed by atoms with Crippen molar-refractivity contribution in [1.82, 2.24) is 0 Å². The van der Waals surface area contributed by atoms with E-state index in [1.807, 2.05) is 13.0 Å². The SMILES string of the molecule is Cc1cc(C(N)CCC(C)C)c(C)cc1Cl. The van der Waals surface area contributed by atoms with Gasteiger partial charge in [0, 0.05) is 11.1 Å². The molecule has 0 aliphatic heterocycles. The van der Waals surface area contributed by atoms with E-state index in [4.69, 9.17) is 17.3 Å². The van der Waals surface area contributed by atoms with Crippen molar-refractivity contribution in [3.05, 3.63) is 33.8 Å². The summed E-state index contributed by atoms with van der Waals surface area (Å²) in [5, 5.41) is 0.831. The molecule has 1 rings (SSSR count). The molecule has 1 aromatic carbocycles. The quantitative estimate of drug-likeness (QED) is 0.829. The highest BCUT2D eigenvalue weighted by Crippen LogP contribution is 2.26. The molecule has 0 bridgehead atoms. The fraction of sp³-hybridized carbons (Fsp3) is 0.571. The molecule has 0 fully saturated rings. The third-order valence-corrected chi connectivity index (χ3v) is 3.41. The van der Waals surface area contributed by atoms with E-state index in [2.05, 4.69) is 26.8 Å². The number of halogens is 1. The van der Waals surface area contributed by atoms with E-state index in [9.17, 15) is 0 Å². The summed E-state index contributed by atoms with van der Waals surface area (Å²) >= 11 is 6.08. The predicted molar refractivity (Wildman–Crippen MR) is 71.9 cm³/mol. The van der Waals surface area contributed by atoms with E-state index in [-0.39, 0.29) is 6.04 Å². The highest BCUT2D eigenvalue weighted by atomic mass is 35.5. The average molecular weight is 240 g/mol. The lowest BCUT2D eigenvalue weighted by Crippen LogP contribution is -2.13. The van der Waals surface area contributed by atoms with Crippen molar-refractivity contribution >= 4 is 11.6 Å². The largest absolute Gasteiger partial charge is 0.324 e. The molecule has 2 N–H and O–H groups in total. The van der Waals surface area contributed by atoms with Crippen molar-refractivity contribution in [2.75, 3.05) is 0 Å². The van der Waals surface area contributed by atoms with Gasteiger partial charge in [0.2, 0.25) is 0 Å². The van der Waals surface area contributed by atoms with E-state index in [1.54, 1.807) is 0 Å². The van der Waals surface area contributed by atoms with Crippen LogP contribution in [0.4, 0.5) is 0 Å². The fourth-order valence-electron chi connectivity index (χ4n) is 1.87. The Bertz CT molecular complexity index is 358. The summed E-state index contributed by atoms with van der Waals surface area (Å²) in [7, 11) is 0. The predicted octanol–water partition coefficient (Wildman–Crippen LogP) is 4.39. The number of nitrogens with two attached hydrogens (primary N) is 1. The van der Waals surface area contributed by atoms with Gasteiger partial charge in [-0.15, -0.1) is 0 Å². The van der Waals surface area contributed by atoms with Crippen molar-refractivity contribution < 1.29 is 0 Å². The molecule has 0 spiro atoms. The zero-order valence-electron chi connectivity index (χ0n) is 10.7. The molecule has 1 atom stereocenters. The van der Waals surface area contributed by atoms with Crippen LogP contribution < -0.4 is 5.73 Å². The van der Waals surface area contributed by atoms with Crippen molar-refractivity contribution in [2.45, 2.75) is 46.6 Å². The van der Waals surface area contributed by atoms with E-state index in [0.29, 0.717) is 5.92 Å². The van der Waals surface area contributed by atoms with Gasteiger partial charge in [0.15, 0.2) is 0 Å². The molecular formula is C14H22ClN. The van der Waals surface area contributed by atoms with Gasteiger partial charge >= 0.3 is 0 Å². The van der Waals surface area contributed by atoms with Crippen LogP contribution in [0.5, 0.6) is 0 Å². The van der Waals surface area contributed by atoms with Crippen LogP contribution in [-0.2, 0) is 0 Å². The van der Waals surface area contributed by atoms with Gasteiger partial charge in [-0.25, -0.2) is 0 Å². The highest BCUT2D eigenvalue weighted by Gasteiger charge is 2.11. The first-order chi connectivity index (χ1) is 7.41. The van der Waals surface area contributed by atoms with Crippen LogP contribution in [-0.4, -0.2) is 0 Å². The molecule has 0 aliphatic carbocycles. The molecule has 1 unspecified atom stereocenters. The molecule has 1 nitrogen and oxygen atoms in total. The van der Waals surface area contributed by atoms with Crippen molar-refractivity contribution in [3.8, 4) is 0 Å². The van der Waals surface area contributed by atoms with Gasteiger partial charge in [-0.1, -0.05) is 31.5 Å². The third-order valence-electron chi connectivity index (χ3n) is 3.00. The lowest BCUT2D eigenvalue weighted by molar-refractivity contribution is 0.506. The van der Waals surface area contributed by atoms with Crippen LogP contribution in [0, 0.1) is 19.8 Å². The molecule has 1 aromatic rings. The molecule has 0 heterocycles. The van der Waals surface area contributed by atoms with Gasteiger partial charge in [0.1, 0.15) is 0 Å². The summed E-state index contributed by atoms with van der Waals surface area (Å²) in [6.45, 7) is 8.57. The first-order valence-electron chi connectivity index (χ1n) is 5.94. The maximum atomic E-state index is 6.22. The molecule has 0 saturated heterocycles. The molecule has 2 heteroatoms. The summed E-state index contributed by atoms with van der Waals surface area (Å²) < 4.78 is 0. The summed E-state index contributed by atoms with van der Waals surface area (Å²) in [5.41, 5.74) is 9.77. The Balaban J connectivity index is 2.82. The molecule has 0 aliphatic rings. The maximum absolute atomic E-state index is 6.22. The van der Waals surface area contributed by atoms with Crippen LogP contribution in [0.1, 0.15) is 49.4 Å². The molecule has 0 radical (unpaired) electrons. The molecule has 90 valence electrons. The monoisotopic (exact) mass is 239 g/mol. The number of benzene rings is 1. The highest BCUT2D eigenvalue weighted by molar-refractivity contribution is 6.31. The summed E-state index contributed by atoms with van der Waals surface area (Å²) in [5.74, 6) is 0.708. The molecule has 0 saturated carbocycles. The minimum atomic E-state index is 0.137. The van der Waals surface area contributed by atoms with E-state index < -0.39 is 0 Å². The molecule has 0 aromatic heterocycles. The smallest absolute Gasteiger partial charge is 0.0438 e. The number of rotatable bonds is 4. The van der Waals surface area contributed by atoms with Crippen LogP contribution >= 0.6 is 11.6 Å². The first-order valence-corrected chi connectivity index (χ1v) is 6.31. The van der Waals surface area contributed by atoms with E-state index in [1.165, 1.54) is 17.5 Å². The summed E-state index contributed by atoms with van der Waals surface area (Å²) in [6.07, 6.45) is 2.21. The second-order valence-electron chi connectivity index (χ2n) is 5.04. The normalized spacial score (nSPS) is 13.2. The third kappa shape index (κ3) is 3.50. The van der Waals surface area contributed by atoms with Crippen molar-refractivity contribution in [2.24, 2.45) is 11.7 Å². The Morgan fingerprint density at radius 1 is 1.12 bits per heavy atom. The van der Waals surface area contributed by atoms with Gasteiger partial charge in [0.25, 0.3) is 0 Å². The first kappa shape index (κ1) is 13.5. The van der Waals surface area contributed by atoms with Crippen molar-refractivity contribution in [3.63, 3.8) is 0 Å². The Morgan fingerprint density at radius 3 is 2.31 bits per heavy atom. The van der Waals surface area contributed by atoms with Crippen molar-refractivity contribution in [1.29, 1.82) is 0 Å². The summed E-state index contributed by atoms with van der Waals surface area (Å²) in [4.78, 5) is 0. The van der Waals surface area contributed by atoms with Gasteiger partial charge < -0.3 is 5.73 Å². The van der Waals surface area contributed by atoms with Crippen LogP contribution in [0.25, 0.3) is 0 Å². The second kappa shape index (κ2) is 5.70. The zero-order valence-corrected chi connectivity index (χ0v) is 11.4. The van der Waals surface area contributed by atoms with Gasteiger partial charge in [-0.05, 0) is 55.4 Å². The average Bonchev–Trinajstić information content (AvgIpc) is 2.20. The Labute approximate surface area is 104 Å². The lowest BCUT2D eigenvalue weighted by Gasteiger charge is -2.17. The zero-order chi connectivity index (χ0) is 12.3. The van der Waals surface area contributed by atoms with Gasteiger partial charge in [-0.3, -0.25) is 0 Å². The van der Waals surface area contributed by atoms with E-state index in [0.717, 1.165) is 17.0 Å². The standard InChI is InChI=1S/C14H22ClN/c1-9(2)5-6-14(16)12-7-11(4)13(15)8-10(12)3/h7-9,14H,5-6,16H2,1-4H3. The lowest BCUT2D eigenvalue weighted by atomic mass is 9.94. The van der Waals surface area contributed by atoms with Crippen LogP contribution in [0.15, 0.2) is 12.1 Å². The number of aryl methyl sites for hydroxylation is 2. The van der Waals surface area contributed by atoms with Gasteiger partial charge in [0.05, 0.1) is 0 Å². The number of hydrogen-bond donors (Lipinski definition) is 1. The Kier molecular flexibility index (Phi) is 4.82. The number of hydrogen-bond acceptors (Lipinski definition) is 1. The minimum Gasteiger partial charge on any atom is -0.324 e.